The van der Waals surface area contributed by atoms with Crippen LogP contribution in [0.3, 0.4) is 0 Å². The van der Waals surface area contributed by atoms with Crippen LogP contribution in [0.2, 0.25) is 0 Å². The standard InChI is InChI=1S/C10H10BrNO2S/c11-10-3-9(2-1-7(10)4-12)15-6-8(14)5-13/h1-3,8,13-14H,5-6H2. The van der Waals surface area contributed by atoms with Gasteiger partial charge in [0.25, 0.3) is 0 Å². The summed E-state index contributed by atoms with van der Waals surface area (Å²) < 4.78 is 0.744. The largest absolute Gasteiger partial charge is 0.394 e. The molecule has 0 radical (unpaired) electrons. The number of nitriles is 1. The highest BCUT2D eigenvalue weighted by molar-refractivity contribution is 9.10. The van der Waals surface area contributed by atoms with Gasteiger partial charge in [0.05, 0.1) is 18.3 Å². The molecule has 0 aliphatic heterocycles. The Hall–Kier alpha value is -0.540. The zero-order valence-electron chi connectivity index (χ0n) is 7.85. The van der Waals surface area contributed by atoms with Crippen LogP contribution in [-0.4, -0.2) is 28.7 Å². The van der Waals surface area contributed by atoms with Crippen molar-refractivity contribution in [3.05, 3.63) is 28.2 Å². The van der Waals surface area contributed by atoms with Gasteiger partial charge < -0.3 is 10.2 Å². The first kappa shape index (κ1) is 12.5. The van der Waals surface area contributed by atoms with E-state index < -0.39 is 6.10 Å². The number of thioether (sulfide) groups is 1. The number of rotatable bonds is 4. The van der Waals surface area contributed by atoms with E-state index in [1.54, 1.807) is 6.07 Å². The van der Waals surface area contributed by atoms with E-state index in [4.69, 9.17) is 15.5 Å². The number of hydrogen-bond acceptors (Lipinski definition) is 4. The summed E-state index contributed by atoms with van der Waals surface area (Å²) in [6.07, 6.45) is -0.704. The molecule has 0 saturated heterocycles. The van der Waals surface area contributed by atoms with Crippen LogP contribution in [0.1, 0.15) is 5.56 Å². The van der Waals surface area contributed by atoms with Crippen LogP contribution >= 0.6 is 27.7 Å². The van der Waals surface area contributed by atoms with Crippen LogP contribution in [0, 0.1) is 11.3 Å². The van der Waals surface area contributed by atoms with E-state index in [2.05, 4.69) is 22.0 Å². The topological polar surface area (TPSA) is 64.2 Å². The molecule has 0 aliphatic carbocycles. The molecule has 1 unspecified atom stereocenters. The van der Waals surface area contributed by atoms with E-state index in [1.807, 2.05) is 12.1 Å². The smallest absolute Gasteiger partial charge is 0.100 e. The molecule has 0 aromatic heterocycles. The summed E-state index contributed by atoms with van der Waals surface area (Å²) in [5.41, 5.74) is 0.585. The number of aliphatic hydroxyl groups is 2. The lowest BCUT2D eigenvalue weighted by atomic mass is 10.2. The minimum atomic E-state index is -0.704. The fraction of sp³-hybridized carbons (Fsp3) is 0.300. The van der Waals surface area contributed by atoms with Crippen molar-refractivity contribution in [2.75, 3.05) is 12.4 Å². The highest BCUT2D eigenvalue weighted by Gasteiger charge is 2.05. The molecule has 5 heteroatoms. The number of aliphatic hydroxyl groups excluding tert-OH is 2. The first-order valence-electron chi connectivity index (χ1n) is 4.28. The minimum absolute atomic E-state index is 0.232. The Bertz CT molecular complexity index is 378. The second kappa shape index (κ2) is 6.13. The van der Waals surface area contributed by atoms with Gasteiger partial charge >= 0.3 is 0 Å². The number of hydrogen-bond donors (Lipinski definition) is 2. The highest BCUT2D eigenvalue weighted by Crippen LogP contribution is 2.25. The second-order valence-corrected chi connectivity index (χ2v) is 4.85. The van der Waals surface area contributed by atoms with Crippen LogP contribution < -0.4 is 0 Å². The van der Waals surface area contributed by atoms with E-state index >= 15 is 0 Å². The summed E-state index contributed by atoms with van der Waals surface area (Å²) >= 11 is 4.72. The maximum atomic E-state index is 9.15. The van der Waals surface area contributed by atoms with Gasteiger partial charge in [-0.15, -0.1) is 11.8 Å². The first-order chi connectivity index (χ1) is 7.17. The summed E-state index contributed by atoms with van der Waals surface area (Å²) in [4.78, 5) is 0.952. The number of halogens is 1. The molecule has 0 heterocycles. The monoisotopic (exact) mass is 287 g/mol. The van der Waals surface area contributed by atoms with Gasteiger partial charge in [0.1, 0.15) is 6.07 Å². The molecule has 1 aromatic rings. The fourth-order valence-electron chi connectivity index (χ4n) is 0.921. The predicted octanol–water partition coefficient (Wildman–Crippen LogP) is 1.77. The maximum absolute atomic E-state index is 9.15. The van der Waals surface area contributed by atoms with Crippen LogP contribution in [0.15, 0.2) is 27.6 Å². The minimum Gasteiger partial charge on any atom is -0.394 e. The lowest BCUT2D eigenvalue weighted by Gasteiger charge is -2.06. The van der Waals surface area contributed by atoms with Crippen LogP contribution in [0.4, 0.5) is 0 Å². The summed E-state index contributed by atoms with van der Waals surface area (Å²) in [5, 5.41) is 26.5. The van der Waals surface area contributed by atoms with Crippen LogP contribution in [0.25, 0.3) is 0 Å². The normalized spacial score (nSPS) is 12.1. The van der Waals surface area contributed by atoms with Crippen LogP contribution in [-0.2, 0) is 0 Å². The van der Waals surface area contributed by atoms with E-state index in [9.17, 15) is 0 Å². The molecular weight excluding hydrogens is 278 g/mol. The number of nitrogens with zero attached hydrogens (tertiary/aromatic N) is 1. The van der Waals surface area contributed by atoms with Gasteiger partial charge in [0, 0.05) is 15.1 Å². The predicted molar refractivity (Wildman–Crippen MR) is 62.7 cm³/mol. The van der Waals surface area contributed by atoms with Gasteiger partial charge in [-0.05, 0) is 34.1 Å². The van der Waals surface area contributed by atoms with Gasteiger partial charge in [0.15, 0.2) is 0 Å². The average Bonchev–Trinajstić information content (AvgIpc) is 2.26. The number of benzene rings is 1. The molecule has 80 valence electrons. The van der Waals surface area contributed by atoms with Gasteiger partial charge in [-0.3, -0.25) is 0 Å². The zero-order chi connectivity index (χ0) is 11.3. The average molecular weight is 288 g/mol. The van der Waals surface area contributed by atoms with E-state index in [1.165, 1.54) is 11.8 Å². The second-order valence-electron chi connectivity index (χ2n) is 2.90. The molecule has 1 atom stereocenters. The first-order valence-corrected chi connectivity index (χ1v) is 6.06. The van der Waals surface area contributed by atoms with Gasteiger partial charge in [-0.2, -0.15) is 5.26 Å². The van der Waals surface area contributed by atoms with Crippen molar-refractivity contribution in [3.63, 3.8) is 0 Å². The van der Waals surface area contributed by atoms with Gasteiger partial charge in [-0.1, -0.05) is 0 Å². The molecule has 1 rings (SSSR count). The molecular formula is C10H10BrNO2S. The molecule has 0 spiro atoms. The molecule has 3 nitrogen and oxygen atoms in total. The zero-order valence-corrected chi connectivity index (χ0v) is 10.3. The molecule has 1 aromatic carbocycles. The maximum Gasteiger partial charge on any atom is 0.100 e. The lowest BCUT2D eigenvalue weighted by Crippen LogP contribution is -2.14. The van der Waals surface area contributed by atoms with Crippen molar-refractivity contribution in [3.8, 4) is 6.07 Å². The van der Waals surface area contributed by atoms with E-state index in [-0.39, 0.29) is 6.61 Å². The highest BCUT2D eigenvalue weighted by atomic mass is 79.9. The van der Waals surface area contributed by atoms with Crippen molar-refractivity contribution in [2.24, 2.45) is 0 Å². The van der Waals surface area contributed by atoms with Crippen molar-refractivity contribution >= 4 is 27.7 Å². The van der Waals surface area contributed by atoms with Crippen molar-refractivity contribution in [1.82, 2.24) is 0 Å². The summed E-state index contributed by atoms with van der Waals surface area (Å²) in [6, 6.07) is 7.42. The quantitative estimate of drug-likeness (QED) is 0.829. The van der Waals surface area contributed by atoms with E-state index in [0.717, 1.165) is 9.37 Å². The van der Waals surface area contributed by atoms with Gasteiger partial charge in [0.2, 0.25) is 0 Å². The Morgan fingerprint density at radius 2 is 2.27 bits per heavy atom. The van der Waals surface area contributed by atoms with Crippen LogP contribution in [0.5, 0.6) is 0 Å². The Balaban J connectivity index is 2.64. The Kier molecular flexibility index (Phi) is 5.12. The van der Waals surface area contributed by atoms with Gasteiger partial charge in [-0.25, -0.2) is 0 Å². The molecule has 0 saturated carbocycles. The molecule has 15 heavy (non-hydrogen) atoms. The lowest BCUT2D eigenvalue weighted by molar-refractivity contribution is 0.113. The SMILES string of the molecule is N#Cc1ccc(SCC(O)CO)cc1Br. The third-order valence-electron chi connectivity index (χ3n) is 1.71. The van der Waals surface area contributed by atoms with Crippen molar-refractivity contribution in [2.45, 2.75) is 11.0 Å². The molecule has 0 aliphatic rings. The Morgan fingerprint density at radius 3 is 2.80 bits per heavy atom. The molecule has 0 fully saturated rings. The Labute approximate surface area is 101 Å². The van der Waals surface area contributed by atoms with Crippen molar-refractivity contribution < 1.29 is 10.2 Å². The summed E-state index contributed by atoms with van der Waals surface area (Å²) in [7, 11) is 0. The van der Waals surface area contributed by atoms with Crippen molar-refractivity contribution in [1.29, 1.82) is 5.26 Å². The molecule has 0 amide bonds. The molecule has 0 bridgehead atoms. The summed E-state index contributed by atoms with van der Waals surface area (Å²) in [5.74, 6) is 0.439. The third kappa shape index (κ3) is 3.84. The summed E-state index contributed by atoms with van der Waals surface area (Å²) in [6.45, 7) is -0.232. The van der Waals surface area contributed by atoms with E-state index in [0.29, 0.717) is 11.3 Å². The Morgan fingerprint density at radius 1 is 1.53 bits per heavy atom. The fourth-order valence-corrected chi connectivity index (χ4v) is 2.40. The molecule has 2 N–H and O–H groups in total. The third-order valence-corrected chi connectivity index (χ3v) is 3.51.